The first kappa shape index (κ1) is 14.9. The lowest BCUT2D eigenvalue weighted by Gasteiger charge is -2.34. The predicted molar refractivity (Wildman–Crippen MR) is 74.4 cm³/mol. The summed E-state index contributed by atoms with van der Waals surface area (Å²) in [5, 5.41) is 2.60. The van der Waals surface area contributed by atoms with Gasteiger partial charge in [0.05, 0.1) is 6.54 Å². The molecular weight excluding hydrogens is 262 g/mol. The van der Waals surface area contributed by atoms with Crippen molar-refractivity contribution in [2.75, 3.05) is 25.0 Å². The van der Waals surface area contributed by atoms with Gasteiger partial charge in [-0.2, -0.15) is 0 Å². The third-order valence-corrected chi connectivity index (χ3v) is 3.52. The number of amides is 1. The average Bonchev–Trinajstić information content (AvgIpc) is 2.32. The minimum atomic E-state index is -0.956. The summed E-state index contributed by atoms with van der Waals surface area (Å²) in [5.41, 5.74) is 0.284. The average molecular weight is 282 g/mol. The van der Waals surface area contributed by atoms with Gasteiger partial charge in [0.15, 0.2) is 11.6 Å². The highest BCUT2D eigenvalue weighted by Crippen LogP contribution is 2.20. The summed E-state index contributed by atoms with van der Waals surface area (Å²) in [6.07, 6.45) is 1.18. The monoisotopic (exact) mass is 282 g/mol. The molecule has 3 nitrogen and oxygen atoms in total. The van der Waals surface area contributed by atoms with Gasteiger partial charge in [-0.1, -0.05) is 13.8 Å². The number of anilines is 1. The van der Waals surface area contributed by atoms with Crippen molar-refractivity contribution in [3.63, 3.8) is 0 Å². The Morgan fingerprint density at radius 3 is 2.50 bits per heavy atom. The largest absolute Gasteiger partial charge is 0.325 e. The number of nitrogens with zero attached hydrogens (tertiary/aromatic N) is 1. The van der Waals surface area contributed by atoms with Crippen molar-refractivity contribution in [1.82, 2.24) is 4.90 Å². The molecule has 1 N–H and O–H groups in total. The lowest BCUT2D eigenvalue weighted by molar-refractivity contribution is -0.117. The van der Waals surface area contributed by atoms with Crippen molar-refractivity contribution in [1.29, 1.82) is 0 Å². The van der Waals surface area contributed by atoms with Gasteiger partial charge in [-0.05, 0) is 30.4 Å². The van der Waals surface area contributed by atoms with Crippen LogP contribution < -0.4 is 5.32 Å². The molecule has 110 valence electrons. The Bertz CT molecular complexity index is 483. The van der Waals surface area contributed by atoms with Gasteiger partial charge in [-0.3, -0.25) is 9.69 Å². The maximum Gasteiger partial charge on any atom is 0.238 e. The van der Waals surface area contributed by atoms with E-state index in [4.69, 9.17) is 0 Å². The van der Waals surface area contributed by atoms with E-state index in [0.29, 0.717) is 11.8 Å². The SMILES string of the molecule is C[C@@H]1C[C@@H](C)CN(CC(=O)Nc2ccc(F)c(F)c2)C1. The molecule has 2 rings (SSSR count). The number of piperidine rings is 1. The van der Waals surface area contributed by atoms with Crippen LogP contribution in [0.15, 0.2) is 18.2 Å². The van der Waals surface area contributed by atoms with E-state index in [1.807, 2.05) is 0 Å². The van der Waals surface area contributed by atoms with Crippen LogP contribution in [0.2, 0.25) is 0 Å². The van der Waals surface area contributed by atoms with Crippen LogP contribution in [0.25, 0.3) is 0 Å². The molecule has 0 aromatic heterocycles. The molecule has 0 bridgehead atoms. The van der Waals surface area contributed by atoms with Crippen molar-refractivity contribution >= 4 is 11.6 Å². The number of likely N-dealkylation sites (tertiary alicyclic amines) is 1. The second kappa shape index (κ2) is 6.31. The Hall–Kier alpha value is -1.49. The van der Waals surface area contributed by atoms with Gasteiger partial charge >= 0.3 is 0 Å². The van der Waals surface area contributed by atoms with E-state index in [-0.39, 0.29) is 18.1 Å². The van der Waals surface area contributed by atoms with E-state index in [1.165, 1.54) is 12.5 Å². The van der Waals surface area contributed by atoms with Gasteiger partial charge < -0.3 is 5.32 Å². The molecule has 1 aliphatic rings. The first-order valence-corrected chi connectivity index (χ1v) is 6.91. The van der Waals surface area contributed by atoms with E-state index in [0.717, 1.165) is 25.2 Å². The Morgan fingerprint density at radius 1 is 1.25 bits per heavy atom. The topological polar surface area (TPSA) is 32.3 Å². The van der Waals surface area contributed by atoms with E-state index in [9.17, 15) is 13.6 Å². The van der Waals surface area contributed by atoms with Gasteiger partial charge in [0.2, 0.25) is 5.91 Å². The van der Waals surface area contributed by atoms with E-state index in [2.05, 4.69) is 24.1 Å². The highest BCUT2D eigenvalue weighted by molar-refractivity contribution is 5.92. The second-order valence-corrected chi connectivity index (χ2v) is 5.82. The minimum Gasteiger partial charge on any atom is -0.325 e. The van der Waals surface area contributed by atoms with Crippen LogP contribution >= 0.6 is 0 Å². The summed E-state index contributed by atoms with van der Waals surface area (Å²) in [4.78, 5) is 14.0. The highest BCUT2D eigenvalue weighted by Gasteiger charge is 2.23. The lowest BCUT2D eigenvalue weighted by Crippen LogP contribution is -2.42. The van der Waals surface area contributed by atoms with Gasteiger partial charge in [0.1, 0.15) is 0 Å². The molecule has 20 heavy (non-hydrogen) atoms. The molecule has 1 aromatic rings. The van der Waals surface area contributed by atoms with Crippen LogP contribution in [-0.2, 0) is 4.79 Å². The number of carbonyl (C=O) groups excluding carboxylic acids is 1. The fourth-order valence-corrected chi connectivity index (χ4v) is 2.90. The predicted octanol–water partition coefficient (Wildman–Crippen LogP) is 2.88. The van der Waals surface area contributed by atoms with Crippen LogP contribution in [0.3, 0.4) is 0 Å². The summed E-state index contributed by atoms with van der Waals surface area (Å²) in [7, 11) is 0. The van der Waals surface area contributed by atoms with Crippen molar-refractivity contribution in [2.24, 2.45) is 11.8 Å². The maximum atomic E-state index is 13.1. The summed E-state index contributed by atoms with van der Waals surface area (Å²) in [5.74, 6) is -0.911. The number of halogens is 2. The Labute approximate surface area is 118 Å². The Kier molecular flexibility index (Phi) is 4.70. The number of benzene rings is 1. The molecular formula is C15H20F2N2O. The van der Waals surface area contributed by atoms with Crippen molar-refractivity contribution < 1.29 is 13.6 Å². The van der Waals surface area contributed by atoms with E-state index < -0.39 is 11.6 Å². The highest BCUT2D eigenvalue weighted by atomic mass is 19.2. The van der Waals surface area contributed by atoms with Crippen molar-refractivity contribution in [3.05, 3.63) is 29.8 Å². The molecule has 5 heteroatoms. The summed E-state index contributed by atoms with van der Waals surface area (Å²) >= 11 is 0. The molecule has 1 fully saturated rings. The van der Waals surface area contributed by atoms with E-state index >= 15 is 0 Å². The van der Waals surface area contributed by atoms with Gasteiger partial charge in [-0.15, -0.1) is 0 Å². The molecule has 0 unspecified atom stereocenters. The van der Waals surface area contributed by atoms with Gasteiger partial charge in [0.25, 0.3) is 0 Å². The van der Waals surface area contributed by atoms with Crippen LogP contribution in [-0.4, -0.2) is 30.4 Å². The number of hydrogen-bond acceptors (Lipinski definition) is 2. The second-order valence-electron chi connectivity index (χ2n) is 5.82. The molecule has 1 amide bonds. The first-order chi connectivity index (χ1) is 9.44. The van der Waals surface area contributed by atoms with Gasteiger partial charge in [-0.25, -0.2) is 8.78 Å². The molecule has 0 saturated carbocycles. The maximum absolute atomic E-state index is 13.1. The zero-order chi connectivity index (χ0) is 14.7. The third kappa shape index (κ3) is 4.00. The number of nitrogens with one attached hydrogen (secondary N) is 1. The van der Waals surface area contributed by atoms with Crippen molar-refractivity contribution in [2.45, 2.75) is 20.3 Å². The zero-order valence-electron chi connectivity index (χ0n) is 11.8. The van der Waals surface area contributed by atoms with Crippen LogP contribution in [0.1, 0.15) is 20.3 Å². The standard InChI is InChI=1S/C15H20F2N2O/c1-10-5-11(2)8-19(7-10)9-15(20)18-12-3-4-13(16)14(17)6-12/h3-4,6,10-11H,5,7-9H2,1-2H3,(H,18,20)/t10-,11-/m1/s1. The van der Waals surface area contributed by atoms with Crippen LogP contribution in [0.4, 0.5) is 14.5 Å². The first-order valence-electron chi connectivity index (χ1n) is 6.91. The lowest BCUT2D eigenvalue weighted by atomic mass is 9.92. The fraction of sp³-hybridized carbons (Fsp3) is 0.533. The van der Waals surface area contributed by atoms with E-state index in [1.54, 1.807) is 0 Å². The Morgan fingerprint density at radius 2 is 1.90 bits per heavy atom. The molecule has 0 radical (unpaired) electrons. The van der Waals surface area contributed by atoms with Crippen LogP contribution in [0, 0.1) is 23.5 Å². The molecule has 1 heterocycles. The normalized spacial score (nSPS) is 23.6. The number of hydrogen-bond donors (Lipinski definition) is 1. The quantitative estimate of drug-likeness (QED) is 0.924. The molecule has 2 atom stereocenters. The molecule has 0 spiro atoms. The summed E-state index contributed by atoms with van der Waals surface area (Å²) < 4.78 is 25.9. The zero-order valence-corrected chi connectivity index (χ0v) is 11.8. The van der Waals surface area contributed by atoms with Gasteiger partial charge in [0, 0.05) is 24.8 Å². The van der Waals surface area contributed by atoms with Crippen LogP contribution in [0.5, 0.6) is 0 Å². The van der Waals surface area contributed by atoms with Crippen molar-refractivity contribution in [3.8, 4) is 0 Å². The third-order valence-electron chi connectivity index (χ3n) is 3.52. The molecule has 1 aromatic carbocycles. The molecule has 0 aliphatic carbocycles. The Balaban J connectivity index is 1.90. The molecule has 1 aliphatic heterocycles. The fourth-order valence-electron chi connectivity index (χ4n) is 2.90. The molecule has 1 saturated heterocycles. The minimum absolute atomic E-state index is 0.197. The summed E-state index contributed by atoms with van der Waals surface area (Å²) in [6.45, 7) is 6.44. The smallest absolute Gasteiger partial charge is 0.238 e. The number of rotatable bonds is 3. The number of carbonyl (C=O) groups is 1. The summed E-state index contributed by atoms with van der Waals surface area (Å²) in [6, 6.07) is 3.36.